The van der Waals surface area contributed by atoms with Crippen molar-refractivity contribution in [1.29, 1.82) is 0 Å². The van der Waals surface area contributed by atoms with Crippen molar-refractivity contribution in [2.75, 3.05) is 0 Å². The zero-order valence-corrected chi connectivity index (χ0v) is 11.8. The number of thiophene rings is 2. The van der Waals surface area contributed by atoms with Crippen LogP contribution in [0.1, 0.15) is 46.2 Å². The van der Waals surface area contributed by atoms with E-state index in [9.17, 15) is 0 Å². The molecular weight excluding hydrogens is 232 g/mol. The molecule has 0 spiro atoms. The third-order valence-corrected chi connectivity index (χ3v) is 5.74. The topological polar surface area (TPSA) is 0 Å². The third kappa shape index (κ3) is 2.38. The summed E-state index contributed by atoms with van der Waals surface area (Å²) in [5.74, 6) is 0.565. The average Bonchev–Trinajstić information content (AvgIpc) is 2.97. The minimum Gasteiger partial charge on any atom is -0.145 e. The van der Waals surface area contributed by atoms with Crippen molar-refractivity contribution in [1.82, 2.24) is 0 Å². The molecule has 2 rings (SSSR count). The second kappa shape index (κ2) is 5.15. The van der Waals surface area contributed by atoms with Gasteiger partial charge in [0.05, 0.1) is 0 Å². The zero-order valence-electron chi connectivity index (χ0n) is 10.1. The van der Waals surface area contributed by atoms with E-state index in [4.69, 9.17) is 0 Å². The van der Waals surface area contributed by atoms with Gasteiger partial charge in [0.15, 0.2) is 0 Å². The fourth-order valence-corrected chi connectivity index (χ4v) is 3.90. The van der Waals surface area contributed by atoms with Crippen LogP contribution in [0.2, 0.25) is 0 Å². The molecule has 86 valence electrons. The Kier molecular flexibility index (Phi) is 3.82. The van der Waals surface area contributed by atoms with Gasteiger partial charge in [-0.1, -0.05) is 20.8 Å². The number of rotatable bonds is 4. The Balaban J connectivity index is 2.20. The van der Waals surface area contributed by atoms with Gasteiger partial charge < -0.3 is 0 Å². The number of aryl methyl sites for hydroxylation is 2. The van der Waals surface area contributed by atoms with Crippen molar-refractivity contribution >= 4 is 22.7 Å². The first-order valence-electron chi connectivity index (χ1n) is 5.91. The molecule has 0 amide bonds. The summed E-state index contributed by atoms with van der Waals surface area (Å²) in [7, 11) is 0. The largest absolute Gasteiger partial charge is 0.145 e. The van der Waals surface area contributed by atoms with Gasteiger partial charge in [-0.05, 0) is 37.1 Å². The molecule has 0 saturated carbocycles. The van der Waals surface area contributed by atoms with E-state index in [0.717, 1.165) is 12.8 Å². The molecule has 0 aliphatic rings. The molecule has 0 atom stereocenters. The van der Waals surface area contributed by atoms with Crippen LogP contribution in [0, 0.1) is 0 Å². The smallest absolute Gasteiger partial charge is 0.0249 e. The van der Waals surface area contributed by atoms with Gasteiger partial charge in [0.1, 0.15) is 0 Å². The highest BCUT2D eigenvalue weighted by Crippen LogP contribution is 2.34. The minimum atomic E-state index is 0.565. The summed E-state index contributed by atoms with van der Waals surface area (Å²) in [6.45, 7) is 6.76. The van der Waals surface area contributed by atoms with Gasteiger partial charge in [-0.2, -0.15) is 0 Å². The maximum atomic E-state index is 2.32. The molecule has 0 radical (unpaired) electrons. The fraction of sp³-hybridized carbons (Fsp3) is 0.429. The molecule has 0 aromatic carbocycles. The zero-order chi connectivity index (χ0) is 11.5. The van der Waals surface area contributed by atoms with E-state index in [1.807, 2.05) is 22.7 Å². The molecule has 2 heterocycles. The monoisotopic (exact) mass is 250 g/mol. The molecule has 0 N–H and O–H groups in total. The summed E-state index contributed by atoms with van der Waals surface area (Å²) < 4.78 is 0. The fourth-order valence-electron chi connectivity index (χ4n) is 1.77. The molecule has 0 aliphatic carbocycles. The Labute approximate surface area is 106 Å². The maximum absolute atomic E-state index is 2.32. The van der Waals surface area contributed by atoms with Crippen LogP contribution in [-0.4, -0.2) is 0 Å². The Morgan fingerprint density at radius 1 is 0.875 bits per heavy atom. The van der Waals surface area contributed by atoms with Crippen LogP contribution in [-0.2, 0) is 12.8 Å². The van der Waals surface area contributed by atoms with Crippen LogP contribution in [0.15, 0.2) is 24.3 Å². The standard InChI is InChI=1S/C14H18S2/c1-4-11-6-8-13(15-11)10(3)14-9-7-12(5-2)16-14/h6-10H,4-5H2,1-3H3. The third-order valence-electron chi connectivity index (χ3n) is 2.92. The van der Waals surface area contributed by atoms with E-state index in [1.54, 1.807) is 0 Å². The van der Waals surface area contributed by atoms with Crippen LogP contribution in [0.4, 0.5) is 0 Å². The van der Waals surface area contributed by atoms with E-state index in [1.165, 1.54) is 19.5 Å². The Morgan fingerprint density at radius 2 is 1.31 bits per heavy atom. The molecule has 16 heavy (non-hydrogen) atoms. The maximum Gasteiger partial charge on any atom is 0.0249 e. The first-order valence-corrected chi connectivity index (χ1v) is 7.55. The van der Waals surface area contributed by atoms with Gasteiger partial charge in [-0.25, -0.2) is 0 Å². The molecule has 2 aromatic heterocycles. The highest BCUT2D eigenvalue weighted by Gasteiger charge is 2.12. The van der Waals surface area contributed by atoms with Crippen LogP contribution in [0.3, 0.4) is 0 Å². The summed E-state index contributed by atoms with van der Waals surface area (Å²) in [6.07, 6.45) is 2.31. The molecule has 0 saturated heterocycles. The van der Waals surface area contributed by atoms with Crippen molar-refractivity contribution in [3.8, 4) is 0 Å². The Hall–Kier alpha value is -0.600. The van der Waals surface area contributed by atoms with Gasteiger partial charge in [-0.3, -0.25) is 0 Å². The van der Waals surface area contributed by atoms with Crippen molar-refractivity contribution < 1.29 is 0 Å². The summed E-state index contributed by atoms with van der Waals surface area (Å²) >= 11 is 3.92. The van der Waals surface area contributed by atoms with Gasteiger partial charge >= 0.3 is 0 Å². The van der Waals surface area contributed by atoms with Crippen molar-refractivity contribution in [2.45, 2.75) is 39.5 Å². The van der Waals surface area contributed by atoms with Crippen LogP contribution in [0.25, 0.3) is 0 Å². The number of hydrogen-bond acceptors (Lipinski definition) is 2. The molecule has 0 aliphatic heterocycles. The second-order valence-corrected chi connectivity index (χ2v) is 6.44. The normalized spacial score (nSPS) is 11.2. The molecule has 0 fully saturated rings. The molecule has 0 bridgehead atoms. The Bertz CT molecular complexity index is 409. The van der Waals surface area contributed by atoms with E-state index in [2.05, 4.69) is 45.0 Å². The highest BCUT2D eigenvalue weighted by molar-refractivity contribution is 7.13. The van der Waals surface area contributed by atoms with E-state index < -0.39 is 0 Å². The lowest BCUT2D eigenvalue weighted by Crippen LogP contribution is -1.87. The predicted molar refractivity (Wildman–Crippen MR) is 74.9 cm³/mol. The van der Waals surface area contributed by atoms with Gasteiger partial charge in [0, 0.05) is 25.4 Å². The average molecular weight is 250 g/mol. The lowest BCUT2D eigenvalue weighted by Gasteiger charge is -2.05. The molecule has 0 nitrogen and oxygen atoms in total. The van der Waals surface area contributed by atoms with Crippen molar-refractivity contribution in [3.05, 3.63) is 43.8 Å². The van der Waals surface area contributed by atoms with Gasteiger partial charge in [0.25, 0.3) is 0 Å². The minimum absolute atomic E-state index is 0.565. The molecule has 0 unspecified atom stereocenters. The summed E-state index contributed by atoms with van der Waals surface area (Å²) in [5.41, 5.74) is 0. The first-order chi connectivity index (χ1) is 7.74. The lowest BCUT2D eigenvalue weighted by atomic mass is 10.1. The van der Waals surface area contributed by atoms with Crippen LogP contribution >= 0.6 is 22.7 Å². The van der Waals surface area contributed by atoms with E-state index in [-0.39, 0.29) is 0 Å². The van der Waals surface area contributed by atoms with Crippen LogP contribution in [0.5, 0.6) is 0 Å². The lowest BCUT2D eigenvalue weighted by molar-refractivity contribution is 0.976. The van der Waals surface area contributed by atoms with Crippen molar-refractivity contribution in [3.63, 3.8) is 0 Å². The summed E-state index contributed by atoms with van der Waals surface area (Å²) in [4.78, 5) is 5.99. The predicted octanol–water partition coefficient (Wildman–Crippen LogP) is 5.09. The second-order valence-electron chi connectivity index (χ2n) is 4.04. The van der Waals surface area contributed by atoms with Crippen LogP contribution < -0.4 is 0 Å². The highest BCUT2D eigenvalue weighted by atomic mass is 32.1. The van der Waals surface area contributed by atoms with E-state index >= 15 is 0 Å². The molecule has 2 heteroatoms. The summed E-state index contributed by atoms with van der Waals surface area (Å²) in [5, 5.41) is 0. The Morgan fingerprint density at radius 3 is 1.62 bits per heavy atom. The summed E-state index contributed by atoms with van der Waals surface area (Å²) in [6, 6.07) is 9.12. The SMILES string of the molecule is CCc1ccc(C(C)c2ccc(CC)s2)s1. The molecule has 2 aromatic rings. The van der Waals surface area contributed by atoms with Gasteiger partial charge in [-0.15, -0.1) is 22.7 Å². The first kappa shape index (κ1) is 11.9. The molecular formula is C14H18S2. The quantitative estimate of drug-likeness (QED) is 0.709. The van der Waals surface area contributed by atoms with Crippen molar-refractivity contribution in [2.24, 2.45) is 0 Å². The van der Waals surface area contributed by atoms with E-state index in [0.29, 0.717) is 5.92 Å². The van der Waals surface area contributed by atoms with Gasteiger partial charge in [0.2, 0.25) is 0 Å². The number of hydrogen-bond donors (Lipinski definition) is 0.